The number of piperazine rings is 1. The number of nitrogens with zero attached hydrogens (tertiary/aromatic N) is 3. The molecule has 33 heavy (non-hydrogen) atoms. The lowest BCUT2D eigenvalue weighted by Crippen LogP contribution is -2.61. The van der Waals surface area contributed by atoms with E-state index >= 15 is 0 Å². The van der Waals surface area contributed by atoms with E-state index in [-0.39, 0.29) is 11.8 Å². The second-order valence-electron chi connectivity index (χ2n) is 8.85. The normalized spacial score (nSPS) is 31.7. The lowest BCUT2D eigenvalue weighted by Gasteiger charge is -2.41. The average molecular weight is 457 g/mol. The molecule has 3 aliphatic rings. The maximum atomic E-state index is 11.4. The number of hydrogen-bond acceptors (Lipinski definition) is 9. The van der Waals surface area contributed by atoms with E-state index in [1.54, 1.807) is 0 Å². The van der Waals surface area contributed by atoms with Crippen LogP contribution in [0, 0.1) is 0 Å². The number of pyridine rings is 1. The number of ether oxygens (including phenoxy) is 2. The Labute approximate surface area is 190 Å². The second-order valence-corrected chi connectivity index (χ2v) is 8.85. The van der Waals surface area contributed by atoms with Gasteiger partial charge < -0.3 is 39.7 Å². The first kappa shape index (κ1) is 22.1. The molecule has 2 fully saturated rings. The van der Waals surface area contributed by atoms with E-state index in [1.807, 2.05) is 18.2 Å². The van der Waals surface area contributed by atoms with Crippen molar-refractivity contribution in [1.82, 2.24) is 9.88 Å². The zero-order valence-corrected chi connectivity index (χ0v) is 18.1. The Morgan fingerprint density at radius 2 is 1.91 bits per heavy atom. The molecule has 0 spiro atoms. The number of aromatic nitrogens is 1. The first-order valence-electron chi connectivity index (χ1n) is 10.9. The predicted molar refractivity (Wildman–Crippen MR) is 116 cm³/mol. The Kier molecular flexibility index (Phi) is 5.71. The summed E-state index contributed by atoms with van der Waals surface area (Å²) in [6, 6.07) is 10.3. The molecule has 6 atom stereocenters. The Morgan fingerprint density at radius 1 is 1.12 bits per heavy atom. The van der Waals surface area contributed by atoms with E-state index in [2.05, 4.69) is 34.0 Å². The van der Waals surface area contributed by atoms with Crippen molar-refractivity contribution in [3.63, 3.8) is 0 Å². The standard InChI is InChI=1S/C23H27N3O7/c1-25-6-7-26-16(11-25)15-5-3-2-4-12(15)8-13-9-14(10-24-21(13)26)32-23-19(29)17(27)18(28)20(33-23)22(30)31/h2-5,9-10,16-20,23,27-29H,6-8,11H2,1H3,(H,30,31). The number of likely N-dealkylation sites (N-methyl/N-ethyl adjacent to an activating group) is 1. The van der Waals surface area contributed by atoms with Gasteiger partial charge in [-0.25, -0.2) is 9.78 Å². The van der Waals surface area contributed by atoms with Gasteiger partial charge in [-0.15, -0.1) is 0 Å². The summed E-state index contributed by atoms with van der Waals surface area (Å²) in [5.41, 5.74) is 3.39. The van der Waals surface area contributed by atoms with Gasteiger partial charge in [-0.2, -0.15) is 0 Å². The summed E-state index contributed by atoms with van der Waals surface area (Å²) in [5.74, 6) is -0.323. The number of carbonyl (C=O) groups is 1. The fraction of sp³-hybridized carbons (Fsp3) is 0.478. The zero-order chi connectivity index (χ0) is 23.3. The van der Waals surface area contributed by atoms with Gasteiger partial charge in [-0.05, 0) is 24.2 Å². The molecule has 4 N–H and O–H groups in total. The molecule has 0 amide bonds. The quantitative estimate of drug-likeness (QED) is 0.489. The third-order valence-corrected chi connectivity index (χ3v) is 6.63. The molecule has 0 aliphatic carbocycles. The Balaban J connectivity index is 1.46. The lowest BCUT2D eigenvalue weighted by atomic mass is 9.96. The zero-order valence-electron chi connectivity index (χ0n) is 18.1. The number of rotatable bonds is 3. The van der Waals surface area contributed by atoms with Gasteiger partial charge in [0, 0.05) is 31.6 Å². The smallest absolute Gasteiger partial charge is 0.335 e. The first-order chi connectivity index (χ1) is 15.8. The summed E-state index contributed by atoms with van der Waals surface area (Å²) in [5, 5.41) is 39.5. The maximum absolute atomic E-state index is 11.4. The molecule has 5 rings (SSSR count). The lowest BCUT2D eigenvalue weighted by molar-refractivity contribution is -0.271. The van der Waals surface area contributed by atoms with Crippen LogP contribution in [0.25, 0.3) is 0 Å². The summed E-state index contributed by atoms with van der Waals surface area (Å²) >= 11 is 0. The van der Waals surface area contributed by atoms with Gasteiger partial charge in [0.05, 0.1) is 12.2 Å². The van der Waals surface area contributed by atoms with E-state index in [0.717, 1.165) is 31.0 Å². The number of hydrogen-bond donors (Lipinski definition) is 4. The highest BCUT2D eigenvalue weighted by molar-refractivity contribution is 5.73. The van der Waals surface area contributed by atoms with Crippen LogP contribution >= 0.6 is 0 Å². The van der Waals surface area contributed by atoms with Crippen LogP contribution in [-0.2, 0) is 16.0 Å². The fourth-order valence-electron chi connectivity index (χ4n) is 4.88. The van der Waals surface area contributed by atoms with Crippen molar-refractivity contribution in [3.05, 3.63) is 53.2 Å². The Hall–Kier alpha value is -2.76. The molecule has 0 saturated carbocycles. The number of anilines is 1. The van der Waals surface area contributed by atoms with Crippen molar-refractivity contribution in [2.45, 2.75) is 43.2 Å². The van der Waals surface area contributed by atoms with Crippen LogP contribution < -0.4 is 9.64 Å². The monoisotopic (exact) mass is 457 g/mol. The highest BCUT2D eigenvalue weighted by Gasteiger charge is 2.48. The van der Waals surface area contributed by atoms with Crippen LogP contribution in [-0.4, -0.2) is 93.7 Å². The SMILES string of the molecule is CN1CCN2c3ncc(OC4OC(C(=O)O)C(O)C(O)C4O)cc3Cc3ccccc3C2C1. The van der Waals surface area contributed by atoms with Crippen molar-refractivity contribution in [1.29, 1.82) is 0 Å². The van der Waals surface area contributed by atoms with Gasteiger partial charge in [0.15, 0.2) is 6.10 Å². The van der Waals surface area contributed by atoms with E-state index < -0.39 is 36.7 Å². The molecule has 2 saturated heterocycles. The number of carboxylic acids is 1. The summed E-state index contributed by atoms with van der Waals surface area (Å²) in [4.78, 5) is 20.6. The molecular weight excluding hydrogens is 430 g/mol. The van der Waals surface area contributed by atoms with Gasteiger partial charge in [-0.1, -0.05) is 24.3 Å². The molecule has 6 unspecified atom stereocenters. The Bertz CT molecular complexity index is 1050. The molecule has 10 nitrogen and oxygen atoms in total. The van der Waals surface area contributed by atoms with Crippen LogP contribution in [0.2, 0.25) is 0 Å². The summed E-state index contributed by atoms with van der Waals surface area (Å²) in [6.45, 7) is 2.62. The maximum Gasteiger partial charge on any atom is 0.335 e. The minimum absolute atomic E-state index is 0.178. The summed E-state index contributed by atoms with van der Waals surface area (Å²) < 4.78 is 11.0. The molecular formula is C23H27N3O7. The van der Waals surface area contributed by atoms with Gasteiger partial charge >= 0.3 is 5.97 Å². The van der Waals surface area contributed by atoms with E-state index in [9.17, 15) is 25.2 Å². The molecule has 2 aromatic rings. The third kappa shape index (κ3) is 3.94. The largest absolute Gasteiger partial charge is 0.479 e. The van der Waals surface area contributed by atoms with Crippen LogP contribution in [0.15, 0.2) is 36.5 Å². The number of aliphatic hydroxyl groups excluding tert-OH is 3. The molecule has 10 heteroatoms. The Morgan fingerprint density at radius 3 is 2.70 bits per heavy atom. The molecule has 176 valence electrons. The topological polar surface area (TPSA) is 136 Å². The number of benzene rings is 1. The van der Waals surface area contributed by atoms with Crippen molar-refractivity contribution in [3.8, 4) is 5.75 Å². The highest BCUT2D eigenvalue weighted by Crippen LogP contribution is 2.39. The van der Waals surface area contributed by atoms with Gasteiger partial charge in [-0.3, -0.25) is 0 Å². The van der Waals surface area contributed by atoms with E-state index in [0.29, 0.717) is 6.42 Å². The molecule has 1 aromatic carbocycles. The van der Waals surface area contributed by atoms with Crippen LogP contribution in [0.3, 0.4) is 0 Å². The summed E-state index contributed by atoms with van der Waals surface area (Å²) in [6.07, 6.45) is -6.17. The number of carboxylic acid groups (broad SMARTS) is 1. The van der Waals surface area contributed by atoms with Gasteiger partial charge in [0.1, 0.15) is 29.9 Å². The van der Waals surface area contributed by atoms with E-state index in [4.69, 9.17) is 9.47 Å². The third-order valence-electron chi connectivity index (χ3n) is 6.63. The molecule has 0 bridgehead atoms. The predicted octanol–water partition coefficient (Wildman–Crippen LogP) is -0.250. The number of fused-ring (bicyclic) bond motifs is 5. The van der Waals surface area contributed by atoms with Crippen molar-refractivity contribution < 1.29 is 34.7 Å². The van der Waals surface area contributed by atoms with Crippen LogP contribution in [0.5, 0.6) is 5.75 Å². The molecule has 0 radical (unpaired) electrons. The van der Waals surface area contributed by atoms with Crippen LogP contribution in [0.4, 0.5) is 5.82 Å². The van der Waals surface area contributed by atoms with Gasteiger partial charge in [0.2, 0.25) is 6.29 Å². The molecule has 4 heterocycles. The van der Waals surface area contributed by atoms with Gasteiger partial charge in [0.25, 0.3) is 0 Å². The van der Waals surface area contributed by atoms with Crippen molar-refractivity contribution >= 4 is 11.8 Å². The van der Waals surface area contributed by atoms with E-state index in [1.165, 1.54) is 17.3 Å². The summed E-state index contributed by atoms with van der Waals surface area (Å²) in [7, 11) is 2.11. The van der Waals surface area contributed by atoms with Crippen LogP contribution in [0.1, 0.15) is 22.7 Å². The first-order valence-corrected chi connectivity index (χ1v) is 10.9. The molecule has 1 aromatic heterocycles. The average Bonchev–Trinajstić information content (AvgIpc) is 2.93. The fourth-order valence-corrected chi connectivity index (χ4v) is 4.88. The van der Waals surface area contributed by atoms with Crippen molar-refractivity contribution in [2.24, 2.45) is 0 Å². The highest BCUT2D eigenvalue weighted by atomic mass is 16.7. The number of aliphatic hydroxyl groups is 3. The van der Waals surface area contributed by atoms with Crippen molar-refractivity contribution in [2.75, 3.05) is 31.6 Å². The minimum atomic E-state index is -1.77. The number of aliphatic carboxylic acids is 1. The minimum Gasteiger partial charge on any atom is -0.479 e. The second kappa shape index (κ2) is 8.54. The molecule has 3 aliphatic heterocycles.